The lowest BCUT2D eigenvalue weighted by Crippen LogP contribution is -2.33. The van der Waals surface area contributed by atoms with Crippen LogP contribution in [0.5, 0.6) is 11.5 Å². The van der Waals surface area contributed by atoms with Crippen molar-refractivity contribution in [2.75, 3.05) is 51.4 Å². The highest BCUT2D eigenvalue weighted by atomic mass is 16.5. The summed E-state index contributed by atoms with van der Waals surface area (Å²) in [6, 6.07) is 5.87. The van der Waals surface area contributed by atoms with Crippen LogP contribution in [0.3, 0.4) is 0 Å². The Labute approximate surface area is 189 Å². The Hall–Kier alpha value is -2.78. The summed E-state index contributed by atoms with van der Waals surface area (Å²) in [6.45, 7) is 5.73. The van der Waals surface area contributed by atoms with Crippen LogP contribution in [0.2, 0.25) is 0 Å². The number of aromatic nitrogens is 2. The summed E-state index contributed by atoms with van der Waals surface area (Å²) in [5, 5.41) is 6.77. The summed E-state index contributed by atoms with van der Waals surface area (Å²) in [5.41, 5.74) is 0.901. The third-order valence-corrected chi connectivity index (χ3v) is 5.28. The third kappa shape index (κ3) is 7.13. The normalized spacial score (nSPS) is 18.4. The number of ether oxygens (including phenoxy) is 4. The fourth-order valence-electron chi connectivity index (χ4n) is 3.59. The van der Waals surface area contributed by atoms with E-state index in [9.17, 15) is 0 Å². The molecule has 0 amide bonds. The molecule has 9 nitrogen and oxygen atoms in total. The average Bonchev–Trinajstić information content (AvgIpc) is 3.47. The molecule has 1 atom stereocenters. The molecule has 0 bridgehead atoms. The molecule has 2 aliphatic heterocycles. The van der Waals surface area contributed by atoms with Gasteiger partial charge in [0.1, 0.15) is 0 Å². The predicted octanol–water partition coefficient (Wildman–Crippen LogP) is 2.69. The number of hydrogen-bond donors (Lipinski definition) is 2. The largest absolute Gasteiger partial charge is 0.490 e. The van der Waals surface area contributed by atoms with Crippen LogP contribution in [-0.4, -0.2) is 67.7 Å². The van der Waals surface area contributed by atoms with Crippen LogP contribution < -0.4 is 20.1 Å². The van der Waals surface area contributed by atoms with Crippen molar-refractivity contribution in [3.8, 4) is 11.5 Å². The molecule has 0 radical (unpaired) electrons. The minimum atomic E-state index is 0.264. The van der Waals surface area contributed by atoms with E-state index in [0.717, 1.165) is 68.5 Å². The number of benzene rings is 1. The predicted molar refractivity (Wildman–Crippen MR) is 123 cm³/mol. The topological polar surface area (TPSA) is 91.2 Å². The van der Waals surface area contributed by atoms with E-state index in [1.54, 1.807) is 12.5 Å². The van der Waals surface area contributed by atoms with Crippen molar-refractivity contribution in [2.45, 2.75) is 38.3 Å². The molecule has 2 N–H and O–H groups in total. The average molecular weight is 444 g/mol. The third-order valence-electron chi connectivity index (χ3n) is 5.28. The molecule has 1 saturated heterocycles. The number of nitrogens with one attached hydrogen (secondary N) is 2. The molecule has 1 aromatic heterocycles. The molecule has 4 rings (SSSR count). The number of aliphatic imine (C=N–C) groups is 1. The molecule has 3 heterocycles. The fraction of sp³-hybridized carbons (Fsp3) is 0.565. The summed E-state index contributed by atoms with van der Waals surface area (Å²) < 4.78 is 24.9. The van der Waals surface area contributed by atoms with Gasteiger partial charge in [-0.05, 0) is 31.4 Å². The van der Waals surface area contributed by atoms with Crippen molar-refractivity contribution in [1.29, 1.82) is 0 Å². The zero-order valence-electron chi connectivity index (χ0n) is 18.5. The summed E-state index contributed by atoms with van der Waals surface area (Å²) in [5.74, 6) is 2.26. The van der Waals surface area contributed by atoms with Gasteiger partial charge in [0.25, 0.3) is 0 Å². The van der Waals surface area contributed by atoms with Gasteiger partial charge in [-0.2, -0.15) is 0 Å². The summed E-state index contributed by atoms with van der Waals surface area (Å²) in [6.07, 6.45) is 9.77. The fourth-order valence-corrected chi connectivity index (χ4v) is 3.59. The maximum atomic E-state index is 5.81. The summed E-state index contributed by atoms with van der Waals surface area (Å²) >= 11 is 0. The number of anilines is 1. The molecular weight excluding hydrogens is 410 g/mol. The Morgan fingerprint density at radius 1 is 1.19 bits per heavy atom. The smallest absolute Gasteiger partial charge is 0.195 e. The molecule has 2 aliphatic rings. The van der Waals surface area contributed by atoms with E-state index in [0.29, 0.717) is 33.0 Å². The Morgan fingerprint density at radius 3 is 2.97 bits per heavy atom. The van der Waals surface area contributed by atoms with Crippen LogP contribution in [0.4, 0.5) is 5.69 Å². The summed E-state index contributed by atoms with van der Waals surface area (Å²) in [4.78, 5) is 8.81. The number of imidazole rings is 1. The SMILES string of the molecule is c1cn(CCNC(=NCCCOCC2CCCO2)Nc2ccc3c(c2)OCCCO3)cn1. The monoisotopic (exact) mass is 443 g/mol. The van der Waals surface area contributed by atoms with E-state index >= 15 is 0 Å². The molecule has 0 saturated carbocycles. The van der Waals surface area contributed by atoms with Crippen molar-refractivity contribution in [1.82, 2.24) is 14.9 Å². The van der Waals surface area contributed by atoms with Crippen molar-refractivity contribution in [2.24, 2.45) is 4.99 Å². The first-order valence-corrected chi connectivity index (χ1v) is 11.5. The second-order valence-corrected chi connectivity index (χ2v) is 7.86. The van der Waals surface area contributed by atoms with Gasteiger partial charge in [-0.3, -0.25) is 4.99 Å². The highest BCUT2D eigenvalue weighted by Crippen LogP contribution is 2.32. The van der Waals surface area contributed by atoms with Crippen molar-refractivity contribution in [3.63, 3.8) is 0 Å². The van der Waals surface area contributed by atoms with Gasteiger partial charge in [-0.25, -0.2) is 4.98 Å². The van der Waals surface area contributed by atoms with Crippen LogP contribution >= 0.6 is 0 Å². The van der Waals surface area contributed by atoms with Crippen molar-refractivity contribution >= 4 is 11.6 Å². The lowest BCUT2D eigenvalue weighted by molar-refractivity contribution is 0.0171. The Morgan fingerprint density at radius 2 is 2.12 bits per heavy atom. The molecule has 2 aromatic rings. The van der Waals surface area contributed by atoms with E-state index in [2.05, 4.69) is 15.6 Å². The van der Waals surface area contributed by atoms with Crippen LogP contribution in [0.15, 0.2) is 41.9 Å². The maximum Gasteiger partial charge on any atom is 0.195 e. The van der Waals surface area contributed by atoms with E-state index in [1.807, 2.05) is 29.0 Å². The van der Waals surface area contributed by atoms with Gasteiger partial charge in [-0.15, -0.1) is 0 Å². The van der Waals surface area contributed by atoms with Gasteiger partial charge >= 0.3 is 0 Å². The molecule has 1 fully saturated rings. The van der Waals surface area contributed by atoms with Crippen LogP contribution in [0, 0.1) is 0 Å². The standard InChI is InChI=1S/C23H33N5O4/c1-4-20(30-13-1)17-29-12-2-7-25-23(26-9-11-28-10-8-24-18-28)27-19-5-6-21-22(16-19)32-15-3-14-31-21/h5-6,8,10,16,18,20H,1-4,7,9,11-15,17H2,(H2,25,26,27). The minimum absolute atomic E-state index is 0.264. The second-order valence-electron chi connectivity index (χ2n) is 7.86. The Kier molecular flexibility index (Phi) is 8.62. The lowest BCUT2D eigenvalue weighted by Gasteiger charge is -2.15. The second kappa shape index (κ2) is 12.3. The van der Waals surface area contributed by atoms with E-state index in [-0.39, 0.29) is 6.10 Å². The van der Waals surface area contributed by atoms with Gasteiger partial charge in [0.2, 0.25) is 0 Å². The first-order chi connectivity index (χ1) is 15.9. The zero-order valence-corrected chi connectivity index (χ0v) is 18.5. The highest BCUT2D eigenvalue weighted by molar-refractivity contribution is 5.93. The quantitative estimate of drug-likeness (QED) is 0.331. The number of fused-ring (bicyclic) bond motifs is 1. The molecule has 1 aromatic carbocycles. The highest BCUT2D eigenvalue weighted by Gasteiger charge is 2.15. The van der Waals surface area contributed by atoms with Crippen molar-refractivity contribution < 1.29 is 18.9 Å². The van der Waals surface area contributed by atoms with Gasteiger partial charge in [0.15, 0.2) is 17.5 Å². The van der Waals surface area contributed by atoms with Crippen molar-refractivity contribution in [3.05, 3.63) is 36.9 Å². The van der Waals surface area contributed by atoms with E-state index < -0.39 is 0 Å². The molecule has 0 spiro atoms. The lowest BCUT2D eigenvalue weighted by atomic mass is 10.2. The molecule has 32 heavy (non-hydrogen) atoms. The van der Waals surface area contributed by atoms with Crippen LogP contribution in [0.25, 0.3) is 0 Å². The number of guanidine groups is 1. The number of nitrogens with zero attached hydrogens (tertiary/aromatic N) is 3. The maximum absolute atomic E-state index is 5.81. The Balaban J connectivity index is 1.29. The molecule has 1 unspecified atom stereocenters. The minimum Gasteiger partial charge on any atom is -0.490 e. The summed E-state index contributed by atoms with van der Waals surface area (Å²) in [7, 11) is 0. The first-order valence-electron chi connectivity index (χ1n) is 11.5. The van der Waals surface area contributed by atoms with Gasteiger partial charge < -0.3 is 34.1 Å². The molecular formula is C23H33N5O4. The van der Waals surface area contributed by atoms with Gasteiger partial charge in [-0.1, -0.05) is 0 Å². The van der Waals surface area contributed by atoms with Gasteiger partial charge in [0.05, 0.1) is 32.3 Å². The molecule has 174 valence electrons. The Bertz CT molecular complexity index is 837. The van der Waals surface area contributed by atoms with Crippen LogP contribution in [-0.2, 0) is 16.0 Å². The van der Waals surface area contributed by atoms with Gasteiger partial charge in [0, 0.05) is 63.4 Å². The first kappa shape index (κ1) is 22.4. The van der Waals surface area contributed by atoms with E-state index in [4.69, 9.17) is 23.9 Å². The van der Waals surface area contributed by atoms with E-state index in [1.165, 1.54) is 0 Å². The number of hydrogen-bond acceptors (Lipinski definition) is 6. The number of rotatable bonds is 10. The van der Waals surface area contributed by atoms with Crippen LogP contribution in [0.1, 0.15) is 25.7 Å². The molecule has 9 heteroatoms. The molecule has 0 aliphatic carbocycles. The zero-order chi connectivity index (χ0) is 21.8.